The molecule has 1 aromatic rings. The third-order valence-corrected chi connectivity index (χ3v) is 3.70. The summed E-state index contributed by atoms with van der Waals surface area (Å²) in [5.74, 6) is -0.657. The Morgan fingerprint density at radius 3 is 3.05 bits per heavy atom. The largest absolute Gasteiger partial charge is 0.466 e. The van der Waals surface area contributed by atoms with Crippen molar-refractivity contribution in [3.05, 3.63) is 35.1 Å². The van der Waals surface area contributed by atoms with Gasteiger partial charge in [0.25, 0.3) is 0 Å². The number of carbonyl (C=O) groups excluding carboxylic acids is 1. The average Bonchev–Trinajstić information content (AvgIpc) is 2.50. The molecule has 0 aliphatic carbocycles. The lowest BCUT2D eigenvalue weighted by Crippen LogP contribution is -2.39. The summed E-state index contributed by atoms with van der Waals surface area (Å²) in [5, 5.41) is 8.74. The molecule has 0 unspecified atom stereocenters. The van der Waals surface area contributed by atoms with Crippen LogP contribution in [0.25, 0.3) is 0 Å². The first-order valence-corrected chi connectivity index (χ1v) is 7.21. The highest BCUT2D eigenvalue weighted by Crippen LogP contribution is 2.21. The molecule has 1 aliphatic rings. The van der Waals surface area contributed by atoms with Gasteiger partial charge in [-0.05, 0) is 38.4 Å². The van der Waals surface area contributed by atoms with Crippen LogP contribution in [0.2, 0.25) is 0 Å². The van der Waals surface area contributed by atoms with Crippen molar-refractivity contribution in [1.29, 1.82) is 5.26 Å². The van der Waals surface area contributed by atoms with Crippen molar-refractivity contribution in [3.8, 4) is 6.07 Å². The van der Waals surface area contributed by atoms with Crippen LogP contribution in [0.15, 0.2) is 18.2 Å². The van der Waals surface area contributed by atoms with Gasteiger partial charge in [-0.3, -0.25) is 9.69 Å². The van der Waals surface area contributed by atoms with Crippen LogP contribution in [0.1, 0.15) is 30.9 Å². The van der Waals surface area contributed by atoms with Gasteiger partial charge in [0.05, 0.1) is 24.2 Å². The van der Waals surface area contributed by atoms with E-state index in [0.717, 1.165) is 19.4 Å². The molecular weight excluding hydrogens is 271 g/mol. The molecule has 112 valence electrons. The van der Waals surface area contributed by atoms with Crippen LogP contribution in [0.3, 0.4) is 0 Å². The number of nitriles is 1. The van der Waals surface area contributed by atoms with Crippen molar-refractivity contribution < 1.29 is 13.9 Å². The summed E-state index contributed by atoms with van der Waals surface area (Å²) in [7, 11) is 0. The molecule has 1 heterocycles. The molecule has 0 amide bonds. The van der Waals surface area contributed by atoms with E-state index in [2.05, 4.69) is 4.90 Å². The number of nitrogens with zero attached hydrogens (tertiary/aromatic N) is 2. The van der Waals surface area contributed by atoms with E-state index in [1.807, 2.05) is 6.07 Å². The first-order valence-electron chi connectivity index (χ1n) is 7.21. The van der Waals surface area contributed by atoms with E-state index >= 15 is 0 Å². The molecule has 0 saturated carbocycles. The number of ether oxygens (including phenoxy) is 1. The second kappa shape index (κ2) is 7.19. The number of esters is 1. The van der Waals surface area contributed by atoms with E-state index in [-0.39, 0.29) is 17.7 Å². The van der Waals surface area contributed by atoms with Crippen molar-refractivity contribution in [2.24, 2.45) is 5.92 Å². The Balaban J connectivity index is 1.99. The number of likely N-dealkylation sites (tertiary alicyclic amines) is 1. The lowest BCUT2D eigenvalue weighted by molar-refractivity contribution is -0.150. The highest BCUT2D eigenvalue weighted by atomic mass is 19.1. The van der Waals surface area contributed by atoms with Crippen LogP contribution in [0.4, 0.5) is 4.39 Å². The highest BCUT2D eigenvalue weighted by molar-refractivity contribution is 5.72. The summed E-state index contributed by atoms with van der Waals surface area (Å²) in [6, 6.07) is 6.43. The molecule has 1 atom stereocenters. The summed E-state index contributed by atoms with van der Waals surface area (Å²) in [4.78, 5) is 13.9. The number of benzene rings is 1. The summed E-state index contributed by atoms with van der Waals surface area (Å²) >= 11 is 0. The third kappa shape index (κ3) is 4.02. The van der Waals surface area contributed by atoms with Crippen molar-refractivity contribution in [2.75, 3.05) is 19.7 Å². The maximum absolute atomic E-state index is 13.9. The van der Waals surface area contributed by atoms with Gasteiger partial charge in [-0.1, -0.05) is 6.07 Å². The lowest BCUT2D eigenvalue weighted by Gasteiger charge is -2.31. The fourth-order valence-electron chi connectivity index (χ4n) is 2.64. The van der Waals surface area contributed by atoms with Crippen molar-refractivity contribution in [1.82, 2.24) is 4.90 Å². The van der Waals surface area contributed by atoms with Gasteiger partial charge in [0.15, 0.2) is 0 Å². The maximum Gasteiger partial charge on any atom is 0.310 e. The van der Waals surface area contributed by atoms with Crippen molar-refractivity contribution in [3.63, 3.8) is 0 Å². The maximum atomic E-state index is 13.9. The van der Waals surface area contributed by atoms with Crippen molar-refractivity contribution >= 4 is 5.97 Å². The zero-order valence-electron chi connectivity index (χ0n) is 12.1. The number of carbonyl (C=O) groups is 1. The minimum atomic E-state index is -0.368. The second-order valence-electron chi connectivity index (χ2n) is 5.24. The number of hydrogen-bond acceptors (Lipinski definition) is 4. The Morgan fingerprint density at radius 1 is 1.57 bits per heavy atom. The zero-order valence-corrected chi connectivity index (χ0v) is 12.1. The standard InChI is InChI=1S/C16H19FN2O2/c1-2-21-16(20)14-4-3-7-19(11-14)10-13-6-5-12(9-18)8-15(13)17/h5-6,8,14H,2-4,7,10-11H2,1H3/t14-/m0/s1. The van der Waals surface area contributed by atoms with Gasteiger partial charge in [-0.2, -0.15) is 5.26 Å². The second-order valence-corrected chi connectivity index (χ2v) is 5.24. The SMILES string of the molecule is CCOC(=O)[C@H]1CCCN(Cc2ccc(C#N)cc2F)C1. The predicted molar refractivity (Wildman–Crippen MR) is 75.7 cm³/mol. The van der Waals surface area contributed by atoms with Crippen molar-refractivity contribution in [2.45, 2.75) is 26.3 Å². The van der Waals surface area contributed by atoms with E-state index in [1.165, 1.54) is 6.07 Å². The van der Waals surface area contributed by atoms with E-state index < -0.39 is 0 Å². The van der Waals surface area contributed by atoms with Crippen LogP contribution in [-0.4, -0.2) is 30.6 Å². The lowest BCUT2D eigenvalue weighted by atomic mass is 9.97. The average molecular weight is 290 g/mol. The number of halogens is 1. The van der Waals surface area contributed by atoms with Gasteiger partial charge in [0.1, 0.15) is 5.82 Å². The van der Waals surface area contributed by atoms with E-state index in [9.17, 15) is 9.18 Å². The highest BCUT2D eigenvalue weighted by Gasteiger charge is 2.27. The first-order chi connectivity index (χ1) is 10.1. The molecule has 21 heavy (non-hydrogen) atoms. The molecule has 4 nitrogen and oxygen atoms in total. The summed E-state index contributed by atoms with van der Waals surface area (Å²) in [6.45, 7) is 4.07. The van der Waals surface area contributed by atoms with Gasteiger partial charge >= 0.3 is 5.97 Å². The Morgan fingerprint density at radius 2 is 2.38 bits per heavy atom. The fraction of sp³-hybridized carbons (Fsp3) is 0.500. The smallest absolute Gasteiger partial charge is 0.310 e. The fourth-order valence-corrected chi connectivity index (χ4v) is 2.64. The predicted octanol–water partition coefficient (Wildman–Crippen LogP) is 2.47. The Bertz CT molecular complexity index is 554. The Kier molecular flexibility index (Phi) is 5.29. The van der Waals surface area contributed by atoms with Gasteiger partial charge in [0.2, 0.25) is 0 Å². The summed E-state index contributed by atoms with van der Waals surface area (Å²) in [6.07, 6.45) is 1.73. The molecule has 0 bridgehead atoms. The zero-order chi connectivity index (χ0) is 15.2. The quantitative estimate of drug-likeness (QED) is 0.799. The molecule has 1 saturated heterocycles. The number of rotatable bonds is 4. The van der Waals surface area contributed by atoms with Gasteiger partial charge in [0, 0.05) is 18.7 Å². The molecule has 1 aromatic carbocycles. The molecule has 0 radical (unpaired) electrons. The molecular formula is C16H19FN2O2. The molecule has 1 fully saturated rings. The first kappa shape index (κ1) is 15.5. The van der Waals surface area contributed by atoms with E-state index in [0.29, 0.717) is 30.8 Å². The van der Waals surface area contributed by atoms with Crippen LogP contribution < -0.4 is 0 Å². The van der Waals surface area contributed by atoms with Crippen LogP contribution >= 0.6 is 0 Å². The van der Waals surface area contributed by atoms with Crippen LogP contribution in [0, 0.1) is 23.1 Å². The molecule has 0 aromatic heterocycles. The minimum Gasteiger partial charge on any atom is -0.466 e. The van der Waals surface area contributed by atoms with E-state index in [1.54, 1.807) is 19.1 Å². The number of hydrogen-bond donors (Lipinski definition) is 0. The monoisotopic (exact) mass is 290 g/mol. The molecule has 2 rings (SSSR count). The van der Waals surface area contributed by atoms with Crippen LogP contribution in [-0.2, 0) is 16.1 Å². The van der Waals surface area contributed by atoms with Gasteiger partial charge < -0.3 is 4.74 Å². The minimum absolute atomic E-state index is 0.125. The summed E-state index contributed by atoms with van der Waals surface area (Å²) < 4.78 is 19.0. The third-order valence-electron chi connectivity index (χ3n) is 3.70. The Hall–Kier alpha value is -1.93. The van der Waals surface area contributed by atoms with Gasteiger partial charge in [-0.25, -0.2) is 4.39 Å². The Labute approximate surface area is 124 Å². The van der Waals surface area contributed by atoms with E-state index in [4.69, 9.17) is 10.00 Å². The van der Waals surface area contributed by atoms with Crippen LogP contribution in [0.5, 0.6) is 0 Å². The van der Waals surface area contributed by atoms with Gasteiger partial charge in [-0.15, -0.1) is 0 Å². The topological polar surface area (TPSA) is 53.3 Å². The molecule has 1 aliphatic heterocycles. The normalized spacial score (nSPS) is 19.0. The molecule has 5 heteroatoms. The number of piperidine rings is 1. The summed E-state index contributed by atoms with van der Waals surface area (Å²) in [5.41, 5.74) is 0.873. The molecule has 0 spiro atoms. The molecule has 0 N–H and O–H groups in total.